The maximum Gasteiger partial charge on any atom is 0.391 e. The molecular weight excluding hydrogens is 462 g/mol. The molecule has 1 saturated carbocycles. The molecule has 1 unspecified atom stereocenters. The van der Waals surface area contributed by atoms with Gasteiger partial charge < -0.3 is 20.2 Å². The Balaban J connectivity index is 0.00000338. The molecule has 1 aromatic rings. The monoisotopic (exact) mass is 489 g/mol. The van der Waals surface area contributed by atoms with Crippen LogP contribution < -0.4 is 10.6 Å². The van der Waals surface area contributed by atoms with Crippen LogP contribution in [0.2, 0.25) is 0 Å². The van der Waals surface area contributed by atoms with Crippen LogP contribution in [-0.2, 0) is 5.60 Å². The molecule has 1 atom stereocenters. The van der Waals surface area contributed by atoms with Crippen molar-refractivity contribution < 1.29 is 22.7 Å². The molecule has 1 heterocycles. The van der Waals surface area contributed by atoms with Crippen molar-refractivity contribution >= 4 is 29.9 Å². The Bertz CT molecular complexity index is 554. The van der Waals surface area contributed by atoms with Crippen molar-refractivity contribution in [3.05, 3.63) is 24.2 Å². The first-order valence-electron chi connectivity index (χ1n) is 8.60. The molecule has 1 aliphatic rings. The summed E-state index contributed by atoms with van der Waals surface area (Å²) in [6.07, 6.45) is -1.47. The summed E-state index contributed by atoms with van der Waals surface area (Å²) >= 11 is 0. The Morgan fingerprint density at radius 2 is 1.96 bits per heavy atom. The van der Waals surface area contributed by atoms with Crippen LogP contribution in [0, 0.1) is 5.92 Å². The van der Waals surface area contributed by atoms with Gasteiger partial charge in [-0.1, -0.05) is 0 Å². The van der Waals surface area contributed by atoms with E-state index in [1.807, 2.05) is 6.92 Å². The highest BCUT2D eigenvalue weighted by Crippen LogP contribution is 2.37. The van der Waals surface area contributed by atoms with Crippen molar-refractivity contribution in [2.45, 2.75) is 57.3 Å². The van der Waals surface area contributed by atoms with E-state index in [4.69, 9.17) is 4.42 Å². The minimum absolute atomic E-state index is 0. The molecule has 3 N–H and O–H groups in total. The molecule has 26 heavy (non-hydrogen) atoms. The van der Waals surface area contributed by atoms with Crippen molar-refractivity contribution in [1.82, 2.24) is 10.6 Å². The third-order valence-corrected chi connectivity index (χ3v) is 4.47. The second-order valence-corrected chi connectivity index (χ2v) is 6.68. The van der Waals surface area contributed by atoms with E-state index in [0.29, 0.717) is 31.1 Å². The molecule has 1 aromatic heterocycles. The molecule has 0 bridgehead atoms. The SMILES string of the molecule is CCNC(=NCC(C)(O)c1ccco1)NC1CCC(C(F)(F)F)CC1.I. The average Bonchev–Trinajstić information content (AvgIpc) is 3.08. The van der Waals surface area contributed by atoms with Crippen LogP contribution in [0.25, 0.3) is 0 Å². The molecule has 2 rings (SSSR count). The number of aliphatic imine (C=N–C) groups is 1. The highest BCUT2D eigenvalue weighted by Gasteiger charge is 2.41. The average molecular weight is 489 g/mol. The summed E-state index contributed by atoms with van der Waals surface area (Å²) < 4.78 is 43.5. The fraction of sp³-hybridized carbons (Fsp3) is 0.706. The largest absolute Gasteiger partial charge is 0.466 e. The number of hydrogen-bond donors (Lipinski definition) is 3. The van der Waals surface area contributed by atoms with Gasteiger partial charge in [0.15, 0.2) is 5.96 Å². The fourth-order valence-electron chi connectivity index (χ4n) is 2.97. The van der Waals surface area contributed by atoms with Gasteiger partial charge in [0.2, 0.25) is 0 Å². The standard InChI is InChI=1S/C17H26F3N3O2.HI/c1-3-21-15(22-11-16(2,24)14-5-4-10-25-14)23-13-8-6-12(7-9-13)17(18,19)20;/h4-5,10,12-13,24H,3,6-9,11H2,1-2H3,(H2,21,22,23);1H. The first-order chi connectivity index (χ1) is 11.7. The lowest BCUT2D eigenvalue weighted by atomic mass is 9.85. The number of alkyl halides is 3. The molecule has 5 nitrogen and oxygen atoms in total. The molecule has 0 amide bonds. The van der Waals surface area contributed by atoms with Crippen molar-refractivity contribution in [1.29, 1.82) is 0 Å². The molecule has 0 radical (unpaired) electrons. The second kappa shape index (κ2) is 9.82. The van der Waals surface area contributed by atoms with Gasteiger partial charge in [0.25, 0.3) is 0 Å². The van der Waals surface area contributed by atoms with E-state index in [1.165, 1.54) is 6.26 Å². The first-order valence-corrected chi connectivity index (χ1v) is 8.60. The van der Waals surface area contributed by atoms with E-state index >= 15 is 0 Å². The number of furan rings is 1. The Hall–Kier alpha value is -0.970. The third kappa shape index (κ3) is 6.64. The summed E-state index contributed by atoms with van der Waals surface area (Å²) in [6.45, 7) is 4.20. The summed E-state index contributed by atoms with van der Waals surface area (Å²) in [6, 6.07) is 3.31. The maximum atomic E-state index is 12.7. The van der Waals surface area contributed by atoms with Crippen LogP contribution in [0.15, 0.2) is 27.8 Å². The van der Waals surface area contributed by atoms with Gasteiger partial charge in [0.05, 0.1) is 18.7 Å². The summed E-state index contributed by atoms with van der Waals surface area (Å²) in [5.74, 6) is -0.299. The maximum absolute atomic E-state index is 12.7. The summed E-state index contributed by atoms with van der Waals surface area (Å²) in [5, 5.41) is 16.7. The highest BCUT2D eigenvalue weighted by atomic mass is 127. The molecule has 0 saturated heterocycles. The minimum Gasteiger partial charge on any atom is -0.466 e. The lowest BCUT2D eigenvalue weighted by Gasteiger charge is -2.31. The van der Waals surface area contributed by atoms with Crippen LogP contribution in [0.5, 0.6) is 0 Å². The van der Waals surface area contributed by atoms with Gasteiger partial charge in [-0.2, -0.15) is 13.2 Å². The smallest absolute Gasteiger partial charge is 0.391 e. The number of hydrogen-bond acceptors (Lipinski definition) is 3. The number of aliphatic hydroxyl groups is 1. The van der Waals surface area contributed by atoms with Gasteiger partial charge >= 0.3 is 6.18 Å². The summed E-state index contributed by atoms with van der Waals surface area (Å²) in [7, 11) is 0. The Labute approximate surface area is 168 Å². The number of halogens is 4. The van der Waals surface area contributed by atoms with Crippen LogP contribution in [-0.4, -0.2) is 36.4 Å². The summed E-state index contributed by atoms with van der Waals surface area (Å²) in [4.78, 5) is 4.37. The van der Waals surface area contributed by atoms with E-state index in [1.54, 1.807) is 19.1 Å². The van der Waals surface area contributed by atoms with E-state index in [-0.39, 0.29) is 49.4 Å². The predicted molar refractivity (Wildman–Crippen MR) is 105 cm³/mol. The van der Waals surface area contributed by atoms with Gasteiger partial charge in [0, 0.05) is 12.6 Å². The lowest BCUT2D eigenvalue weighted by Crippen LogP contribution is -2.46. The van der Waals surface area contributed by atoms with Crippen LogP contribution in [0.3, 0.4) is 0 Å². The van der Waals surface area contributed by atoms with Gasteiger partial charge in [-0.05, 0) is 51.7 Å². The highest BCUT2D eigenvalue weighted by molar-refractivity contribution is 14.0. The van der Waals surface area contributed by atoms with Crippen molar-refractivity contribution in [2.24, 2.45) is 10.9 Å². The molecule has 150 valence electrons. The molecule has 0 aromatic carbocycles. The summed E-state index contributed by atoms with van der Waals surface area (Å²) in [5.41, 5.74) is -1.25. The fourth-order valence-corrected chi connectivity index (χ4v) is 2.97. The van der Waals surface area contributed by atoms with E-state index in [9.17, 15) is 18.3 Å². The molecule has 9 heteroatoms. The van der Waals surface area contributed by atoms with Crippen LogP contribution in [0.1, 0.15) is 45.3 Å². The van der Waals surface area contributed by atoms with Crippen molar-refractivity contribution in [3.8, 4) is 0 Å². The predicted octanol–water partition coefficient (Wildman–Crippen LogP) is 3.78. The Morgan fingerprint density at radius 1 is 1.31 bits per heavy atom. The quantitative estimate of drug-likeness (QED) is 0.335. The molecular formula is C17H27F3IN3O2. The third-order valence-electron chi connectivity index (χ3n) is 4.47. The van der Waals surface area contributed by atoms with Gasteiger partial charge in [-0.25, -0.2) is 4.99 Å². The number of rotatable bonds is 5. The normalized spacial score (nSPS) is 23.7. The van der Waals surface area contributed by atoms with E-state index < -0.39 is 17.7 Å². The number of guanidine groups is 1. The Morgan fingerprint density at radius 3 is 2.46 bits per heavy atom. The minimum atomic E-state index is -4.11. The zero-order chi connectivity index (χ0) is 18.5. The van der Waals surface area contributed by atoms with E-state index in [0.717, 1.165) is 0 Å². The molecule has 0 spiro atoms. The molecule has 0 aliphatic heterocycles. The van der Waals surface area contributed by atoms with Crippen LogP contribution in [0.4, 0.5) is 13.2 Å². The zero-order valence-corrected chi connectivity index (χ0v) is 17.3. The first kappa shape index (κ1) is 23.1. The number of nitrogens with one attached hydrogen (secondary N) is 2. The van der Waals surface area contributed by atoms with Crippen molar-refractivity contribution in [3.63, 3.8) is 0 Å². The van der Waals surface area contributed by atoms with E-state index in [2.05, 4.69) is 15.6 Å². The lowest BCUT2D eigenvalue weighted by molar-refractivity contribution is -0.182. The Kier molecular flexibility index (Phi) is 8.71. The molecule has 1 aliphatic carbocycles. The van der Waals surface area contributed by atoms with Gasteiger partial charge in [-0.3, -0.25) is 0 Å². The van der Waals surface area contributed by atoms with Crippen LogP contribution >= 0.6 is 24.0 Å². The van der Waals surface area contributed by atoms with Gasteiger partial charge in [0.1, 0.15) is 11.4 Å². The zero-order valence-electron chi connectivity index (χ0n) is 15.0. The second-order valence-electron chi connectivity index (χ2n) is 6.68. The topological polar surface area (TPSA) is 69.8 Å². The number of nitrogens with zero attached hydrogens (tertiary/aromatic N) is 1. The van der Waals surface area contributed by atoms with Crippen molar-refractivity contribution in [2.75, 3.05) is 13.1 Å². The van der Waals surface area contributed by atoms with Gasteiger partial charge in [-0.15, -0.1) is 24.0 Å². The molecule has 1 fully saturated rings.